The Bertz CT molecular complexity index is 1340. The summed E-state index contributed by atoms with van der Waals surface area (Å²) < 4.78 is 36.0. The smallest absolute Gasteiger partial charge is 0.357 e. The molecule has 6 rings (SSSR count). The van der Waals surface area contributed by atoms with Gasteiger partial charge in [-0.25, -0.2) is 14.0 Å². The monoisotopic (exact) mass is 1280 g/mol. The molecule has 2 aromatic heterocycles. The fourth-order valence-corrected chi connectivity index (χ4v) is 7.25. The van der Waals surface area contributed by atoms with Crippen molar-refractivity contribution in [2.24, 2.45) is 25.9 Å². The largest absolute Gasteiger partial charge is 0.468 e. The van der Waals surface area contributed by atoms with Crippen molar-refractivity contribution < 1.29 is 267 Å². The quantitative estimate of drug-likeness (QED) is 0.221. The SMILES string of the molecule is C1CCOC1.COC(=O)C1C2CCCCC2CN1C.COC(=O)c1c2c(cn1C)CCCC2.[CH2-]CCc1cn(C)c(C(=O)OC)c1F.[Y].[Y].[Y].[Y].[Y].[Y].[Y]. The molecule has 18 heteroatoms. The van der Waals surface area contributed by atoms with Gasteiger partial charge < -0.3 is 35.0 Å². The van der Waals surface area contributed by atoms with Crippen LogP contribution in [-0.2, 0) is 286 Å². The molecule has 0 spiro atoms. The number of aromatic nitrogens is 2. The summed E-state index contributed by atoms with van der Waals surface area (Å²) in [6.07, 6.45) is 17.0. The number of likely N-dealkylation sites (tertiary alicyclic amines) is 1. The molecule has 0 N–H and O–H groups in total. The van der Waals surface area contributed by atoms with Gasteiger partial charge in [0.1, 0.15) is 11.7 Å². The van der Waals surface area contributed by atoms with Gasteiger partial charge in [0.15, 0.2) is 11.5 Å². The van der Waals surface area contributed by atoms with Crippen LogP contribution in [-0.4, -0.2) is 86.1 Å². The van der Waals surface area contributed by atoms with Gasteiger partial charge in [0.2, 0.25) is 0 Å². The van der Waals surface area contributed by atoms with E-state index < -0.39 is 11.8 Å². The molecule has 3 fully saturated rings. The Hall–Kier alpha value is 4.55. The summed E-state index contributed by atoms with van der Waals surface area (Å²) in [4.78, 5) is 36.5. The fraction of sp³-hybridized carbons (Fsp3) is 0.667. The van der Waals surface area contributed by atoms with Crippen LogP contribution in [0.4, 0.5) is 4.39 Å². The van der Waals surface area contributed by atoms with Gasteiger partial charge in [-0.15, -0.1) is 0 Å². The zero-order valence-electron chi connectivity index (χ0n) is 33.3. The number of hydrogen-bond acceptors (Lipinski definition) is 8. The van der Waals surface area contributed by atoms with E-state index in [0.29, 0.717) is 24.3 Å². The molecule has 285 valence electrons. The maximum absolute atomic E-state index is 13.6. The summed E-state index contributed by atoms with van der Waals surface area (Å²) >= 11 is 0. The Morgan fingerprint density at radius 1 is 0.759 bits per heavy atom. The van der Waals surface area contributed by atoms with Gasteiger partial charge in [0, 0.05) is 281 Å². The number of halogens is 1. The normalized spacial score (nSPS) is 18.6. The first kappa shape index (κ1) is 67.6. The minimum Gasteiger partial charge on any atom is -0.468 e. The standard InChI is InChI=1S/C11H19NO2.C11H15NO2.C10H13FNO2.C4H8O.7Y/c2*1-12-7-8-5-3-4-6-9(8)10(12)11(13)14-2;1-4-5-7-6-12(2)9(8(7)11)10(13)14-3;1-2-4-5-3-1;;;;;;;/h8-10H,3-7H2,1-2H3;7H,3-6H2,1-2H3;6H,1,4-5H2,2-3H3;1-4H2;;;;;;;/q;;-1;;;;;;;;. The van der Waals surface area contributed by atoms with Gasteiger partial charge in [-0.05, 0) is 81.4 Å². The molecule has 0 amide bonds. The second-order valence-corrected chi connectivity index (χ2v) is 12.7. The molecule has 4 aliphatic rings. The number of likely N-dealkylation sites (N-methyl/N-ethyl adjacent to an activating group) is 1. The zero-order chi connectivity index (χ0) is 34.5. The Morgan fingerprint density at radius 2 is 1.30 bits per heavy atom. The van der Waals surface area contributed by atoms with E-state index in [9.17, 15) is 18.8 Å². The average Bonchev–Trinajstić information content (AvgIpc) is 3.87. The van der Waals surface area contributed by atoms with Crippen LogP contribution < -0.4 is 0 Å². The molecule has 2 aliphatic carbocycles. The molecule has 7 radical (unpaired) electrons. The van der Waals surface area contributed by atoms with Gasteiger partial charge in [-0.1, -0.05) is 19.3 Å². The minimum atomic E-state index is -0.652. The van der Waals surface area contributed by atoms with E-state index in [-0.39, 0.29) is 253 Å². The molecule has 3 atom stereocenters. The molecule has 3 unspecified atom stereocenters. The second-order valence-electron chi connectivity index (χ2n) is 12.7. The number of ether oxygens (including phenoxy) is 4. The van der Waals surface area contributed by atoms with Crippen LogP contribution in [0.1, 0.15) is 95.5 Å². The Balaban J connectivity index is -0.000000196. The van der Waals surface area contributed by atoms with Crippen molar-refractivity contribution in [3.05, 3.63) is 53.2 Å². The first-order valence-corrected chi connectivity index (χ1v) is 16.9. The topological polar surface area (TPSA) is 101 Å². The Morgan fingerprint density at radius 3 is 1.81 bits per heavy atom. The summed E-state index contributed by atoms with van der Waals surface area (Å²) in [7, 11) is 9.72. The molecule has 2 aromatic rings. The van der Waals surface area contributed by atoms with Crippen LogP contribution in [0.2, 0.25) is 0 Å². The number of nitrogens with zero attached hydrogens (tertiary/aromatic N) is 3. The number of fused-ring (bicyclic) bond motifs is 2. The van der Waals surface area contributed by atoms with E-state index in [1.54, 1.807) is 13.2 Å². The molecule has 4 heterocycles. The predicted octanol–water partition coefficient (Wildman–Crippen LogP) is 5.47. The van der Waals surface area contributed by atoms with Crippen molar-refractivity contribution in [3.8, 4) is 0 Å². The predicted molar refractivity (Wildman–Crippen MR) is 178 cm³/mol. The number of methoxy groups -OCH3 is 3. The van der Waals surface area contributed by atoms with Crippen molar-refractivity contribution >= 4 is 17.9 Å². The third-order valence-electron chi connectivity index (χ3n) is 9.53. The van der Waals surface area contributed by atoms with Crippen LogP contribution in [0.3, 0.4) is 0 Å². The summed E-state index contributed by atoms with van der Waals surface area (Å²) in [6.45, 7) is 6.71. The number of carbonyl (C=O) groups excluding carboxylic acids is 3. The zero-order valence-corrected chi connectivity index (χ0v) is 53.2. The molecule has 54 heavy (non-hydrogen) atoms. The van der Waals surface area contributed by atoms with E-state index in [1.807, 2.05) is 18.7 Å². The van der Waals surface area contributed by atoms with E-state index in [4.69, 9.17) is 14.2 Å². The Kier molecular flexibility index (Phi) is 46.3. The number of carbonyl (C=O) groups is 3. The van der Waals surface area contributed by atoms with Crippen LogP contribution in [0.15, 0.2) is 12.4 Å². The summed E-state index contributed by atoms with van der Waals surface area (Å²) in [6, 6.07) is 0.0327. The van der Waals surface area contributed by atoms with Crippen LogP contribution >= 0.6 is 0 Å². The number of hydrogen-bond donors (Lipinski definition) is 0. The first-order chi connectivity index (χ1) is 22.6. The molecule has 0 aromatic carbocycles. The molecule has 0 bridgehead atoms. The van der Waals surface area contributed by atoms with Crippen molar-refractivity contribution in [1.82, 2.24) is 14.0 Å². The van der Waals surface area contributed by atoms with Crippen molar-refractivity contribution in [2.75, 3.05) is 48.1 Å². The number of aryl methyl sites for hydroxylation is 4. The van der Waals surface area contributed by atoms with E-state index in [2.05, 4.69) is 22.8 Å². The maximum Gasteiger partial charge on any atom is 0.357 e. The van der Waals surface area contributed by atoms with E-state index in [0.717, 1.165) is 44.2 Å². The van der Waals surface area contributed by atoms with Crippen LogP contribution in [0.25, 0.3) is 0 Å². The first-order valence-electron chi connectivity index (χ1n) is 16.9. The maximum atomic E-state index is 13.6. The average molecular weight is 1280 g/mol. The summed E-state index contributed by atoms with van der Waals surface area (Å²) in [5, 5.41) is 0. The van der Waals surface area contributed by atoms with Gasteiger partial charge in [0.05, 0.1) is 21.3 Å². The number of esters is 3. The van der Waals surface area contributed by atoms with Gasteiger partial charge >= 0.3 is 17.9 Å². The van der Waals surface area contributed by atoms with Crippen molar-refractivity contribution in [1.29, 1.82) is 0 Å². The summed E-state index contributed by atoms with van der Waals surface area (Å²) in [5.74, 6) is -0.111. The molecule has 1 saturated carbocycles. The molecular weight excluding hydrogens is 1230 g/mol. The van der Waals surface area contributed by atoms with E-state index >= 15 is 0 Å². The van der Waals surface area contributed by atoms with Gasteiger partial charge in [0.25, 0.3) is 0 Å². The fourth-order valence-electron chi connectivity index (χ4n) is 7.25. The summed E-state index contributed by atoms with van der Waals surface area (Å²) in [5.41, 5.74) is 3.73. The van der Waals surface area contributed by atoms with Crippen LogP contribution in [0, 0.1) is 24.6 Å². The molecule has 2 aliphatic heterocycles. The molecular formula is C36H55FN3O7Y7-. The second kappa shape index (κ2) is 37.0. The van der Waals surface area contributed by atoms with Crippen molar-refractivity contribution in [3.63, 3.8) is 0 Å². The molecule has 10 nitrogen and oxygen atoms in total. The Labute approximate surface area is 499 Å². The molecule has 2 saturated heterocycles. The van der Waals surface area contributed by atoms with Gasteiger partial charge in [-0.3, -0.25) is 9.69 Å². The third kappa shape index (κ3) is 20.4. The third-order valence-corrected chi connectivity index (χ3v) is 9.53. The number of rotatable bonds is 5. The van der Waals surface area contributed by atoms with Crippen LogP contribution in [0.5, 0.6) is 0 Å². The van der Waals surface area contributed by atoms with E-state index in [1.165, 1.54) is 88.4 Å². The van der Waals surface area contributed by atoms with Gasteiger partial charge in [-0.2, -0.15) is 6.42 Å². The van der Waals surface area contributed by atoms with Crippen molar-refractivity contribution in [2.45, 2.75) is 83.1 Å². The minimum absolute atomic E-state index is 0.